The van der Waals surface area contributed by atoms with Gasteiger partial charge in [-0.05, 0) is 61.6 Å². The van der Waals surface area contributed by atoms with Crippen molar-refractivity contribution in [2.45, 2.75) is 38.5 Å². The molecule has 1 fully saturated rings. The Bertz CT molecular complexity index is 842. The number of carboxylic acid groups (broad SMARTS) is 1. The van der Waals surface area contributed by atoms with Crippen LogP contribution in [0.4, 0.5) is 0 Å². The zero-order valence-electron chi connectivity index (χ0n) is 18.7. The molecule has 2 aromatic carbocycles. The Morgan fingerprint density at radius 2 is 1.62 bits per heavy atom. The van der Waals surface area contributed by atoms with E-state index < -0.39 is 5.97 Å². The first kappa shape index (κ1) is 23.8. The molecule has 0 aromatic heterocycles. The van der Waals surface area contributed by atoms with Crippen molar-refractivity contribution in [1.29, 1.82) is 0 Å². The molecule has 0 bridgehead atoms. The highest BCUT2D eigenvalue weighted by Gasteiger charge is 2.22. The van der Waals surface area contributed by atoms with E-state index in [1.165, 1.54) is 0 Å². The summed E-state index contributed by atoms with van der Waals surface area (Å²) >= 11 is 0. The van der Waals surface area contributed by atoms with Gasteiger partial charge in [-0.25, -0.2) is 0 Å². The molecule has 1 N–H and O–H groups in total. The minimum absolute atomic E-state index is 0.153. The van der Waals surface area contributed by atoms with E-state index in [-0.39, 0.29) is 6.42 Å². The van der Waals surface area contributed by atoms with Gasteiger partial charge in [-0.2, -0.15) is 0 Å². The molecule has 2 aromatic rings. The minimum atomic E-state index is -0.772. The molecule has 3 rings (SSSR count). The van der Waals surface area contributed by atoms with E-state index in [1.807, 2.05) is 54.6 Å². The maximum Gasteiger partial charge on any atom is 0.303 e. The van der Waals surface area contributed by atoms with Gasteiger partial charge in [-0.3, -0.25) is 4.79 Å². The summed E-state index contributed by atoms with van der Waals surface area (Å²) in [5.74, 6) is 1.21. The number of hydrogen-bond acceptors (Lipinski definition) is 5. The molecule has 6 nitrogen and oxygen atoms in total. The van der Waals surface area contributed by atoms with Crippen molar-refractivity contribution in [1.82, 2.24) is 0 Å². The fraction of sp³-hybridized carbons (Fsp3) is 0.462. The van der Waals surface area contributed by atoms with Gasteiger partial charge < -0.3 is 19.4 Å². The van der Waals surface area contributed by atoms with E-state index in [4.69, 9.17) is 19.4 Å². The molecule has 0 heterocycles. The number of oxime groups is 1. The third-order valence-corrected chi connectivity index (χ3v) is 5.90. The number of ether oxygens (including phenoxy) is 2. The maximum atomic E-state index is 10.7. The predicted molar refractivity (Wildman–Crippen MR) is 124 cm³/mol. The normalized spacial score (nSPS) is 18.8. The quantitative estimate of drug-likeness (QED) is 0.374. The highest BCUT2D eigenvalue weighted by molar-refractivity contribution is 6.01. The first-order valence-electron chi connectivity index (χ1n) is 11.3. The zero-order valence-corrected chi connectivity index (χ0v) is 18.7. The molecule has 1 aliphatic rings. The lowest BCUT2D eigenvalue weighted by atomic mass is 9.83. The lowest BCUT2D eigenvalue weighted by Crippen LogP contribution is -2.24. The molecular weight excluding hydrogens is 406 g/mol. The molecule has 0 spiro atoms. The second-order valence-electron chi connectivity index (χ2n) is 8.34. The third-order valence-electron chi connectivity index (χ3n) is 5.90. The van der Waals surface area contributed by atoms with Crippen molar-refractivity contribution in [3.8, 4) is 5.75 Å². The molecule has 0 atom stereocenters. The Morgan fingerprint density at radius 3 is 2.25 bits per heavy atom. The highest BCUT2D eigenvalue weighted by Crippen LogP contribution is 2.29. The van der Waals surface area contributed by atoms with E-state index in [0.29, 0.717) is 24.9 Å². The molecule has 6 heteroatoms. The molecule has 32 heavy (non-hydrogen) atoms. The fourth-order valence-electron chi connectivity index (χ4n) is 4.01. The smallest absolute Gasteiger partial charge is 0.303 e. The van der Waals surface area contributed by atoms with Crippen molar-refractivity contribution in [3.63, 3.8) is 0 Å². The maximum absolute atomic E-state index is 10.7. The molecule has 0 amide bonds. The summed E-state index contributed by atoms with van der Waals surface area (Å²) in [4.78, 5) is 15.6. The first-order chi connectivity index (χ1) is 15.6. The molecule has 0 unspecified atom stereocenters. The van der Waals surface area contributed by atoms with E-state index in [1.54, 1.807) is 7.11 Å². The Kier molecular flexibility index (Phi) is 9.57. The van der Waals surface area contributed by atoms with Gasteiger partial charge >= 0.3 is 5.97 Å². The van der Waals surface area contributed by atoms with Crippen LogP contribution in [0.5, 0.6) is 5.75 Å². The first-order valence-corrected chi connectivity index (χ1v) is 11.3. The second-order valence-corrected chi connectivity index (χ2v) is 8.34. The number of rotatable bonds is 12. The van der Waals surface area contributed by atoms with Crippen molar-refractivity contribution >= 4 is 11.7 Å². The summed E-state index contributed by atoms with van der Waals surface area (Å²) in [6, 6.07) is 17.7. The average molecular weight is 440 g/mol. The van der Waals surface area contributed by atoms with Crippen LogP contribution >= 0.6 is 0 Å². The minimum Gasteiger partial charge on any atom is -0.493 e. The third kappa shape index (κ3) is 8.00. The second kappa shape index (κ2) is 12.9. The van der Waals surface area contributed by atoms with E-state index in [0.717, 1.165) is 61.5 Å². The monoisotopic (exact) mass is 439 g/mol. The number of hydrogen-bond donors (Lipinski definition) is 1. The van der Waals surface area contributed by atoms with Gasteiger partial charge in [-0.15, -0.1) is 0 Å². The van der Waals surface area contributed by atoms with Gasteiger partial charge in [0.2, 0.25) is 0 Å². The fourth-order valence-corrected chi connectivity index (χ4v) is 4.01. The van der Waals surface area contributed by atoms with Gasteiger partial charge in [-0.1, -0.05) is 47.6 Å². The van der Waals surface area contributed by atoms with Gasteiger partial charge in [0.25, 0.3) is 0 Å². The van der Waals surface area contributed by atoms with Crippen LogP contribution in [0.1, 0.15) is 43.2 Å². The molecular formula is C26H33NO5. The Labute approximate surface area is 190 Å². The van der Waals surface area contributed by atoms with E-state index in [9.17, 15) is 4.79 Å². The molecule has 172 valence electrons. The van der Waals surface area contributed by atoms with Gasteiger partial charge in [0.1, 0.15) is 18.6 Å². The van der Waals surface area contributed by atoms with E-state index >= 15 is 0 Å². The molecule has 0 aliphatic heterocycles. The van der Waals surface area contributed by atoms with Crippen molar-refractivity contribution in [3.05, 3.63) is 65.7 Å². The lowest BCUT2D eigenvalue weighted by Gasteiger charge is -2.28. The Morgan fingerprint density at radius 1 is 0.969 bits per heavy atom. The Balaban J connectivity index is 1.33. The number of carboxylic acids is 1. The SMILES string of the molecule is CO/N=C(\COCC1CCC(COc2ccc(CCC(=O)O)cc2)CC1)c1ccccc1. The molecule has 1 aliphatic carbocycles. The van der Waals surface area contributed by atoms with Gasteiger partial charge in [0.15, 0.2) is 0 Å². The Hall–Kier alpha value is -2.86. The number of benzene rings is 2. The summed E-state index contributed by atoms with van der Waals surface area (Å²) in [5, 5.41) is 12.9. The van der Waals surface area contributed by atoms with Crippen LogP contribution in [0.15, 0.2) is 59.8 Å². The number of aryl methyl sites for hydroxylation is 1. The van der Waals surface area contributed by atoms with Crippen molar-refractivity contribution in [2.24, 2.45) is 17.0 Å². The summed E-state index contributed by atoms with van der Waals surface area (Å²) in [5.41, 5.74) is 2.85. The van der Waals surface area contributed by atoms with Crippen LogP contribution in [0.3, 0.4) is 0 Å². The largest absolute Gasteiger partial charge is 0.493 e. The highest BCUT2D eigenvalue weighted by atomic mass is 16.6. The van der Waals surface area contributed by atoms with Crippen LogP contribution in [-0.2, 0) is 20.8 Å². The summed E-state index contributed by atoms with van der Waals surface area (Å²) in [6.07, 6.45) is 5.27. The van der Waals surface area contributed by atoms with Crippen molar-refractivity contribution in [2.75, 3.05) is 26.9 Å². The van der Waals surface area contributed by atoms with Crippen molar-refractivity contribution < 1.29 is 24.2 Å². The zero-order chi connectivity index (χ0) is 22.6. The summed E-state index contributed by atoms with van der Waals surface area (Å²) in [7, 11) is 1.56. The van der Waals surface area contributed by atoms with E-state index in [2.05, 4.69) is 5.16 Å². The molecule has 0 radical (unpaired) electrons. The number of aliphatic carboxylic acids is 1. The number of nitrogens with zero attached hydrogens (tertiary/aromatic N) is 1. The van der Waals surface area contributed by atoms with Gasteiger partial charge in [0, 0.05) is 18.6 Å². The summed E-state index contributed by atoms with van der Waals surface area (Å²) < 4.78 is 11.9. The lowest BCUT2D eigenvalue weighted by molar-refractivity contribution is -0.136. The summed E-state index contributed by atoms with van der Waals surface area (Å²) in [6.45, 7) is 1.91. The molecule has 0 saturated heterocycles. The number of carbonyl (C=O) groups is 1. The predicted octanol–water partition coefficient (Wildman–Crippen LogP) is 4.96. The van der Waals surface area contributed by atoms with Gasteiger partial charge in [0.05, 0.1) is 13.2 Å². The van der Waals surface area contributed by atoms with Crippen LogP contribution in [0.2, 0.25) is 0 Å². The standard InChI is InChI=1S/C26H33NO5/c1-30-27-25(23-5-3-2-4-6-23)19-31-17-21-7-9-22(10-8-21)18-32-24-14-11-20(12-15-24)13-16-26(28)29/h2-6,11-12,14-15,21-22H,7-10,13,16-19H2,1H3,(H,28,29)/b27-25+. The van der Waals surface area contributed by atoms with Crippen LogP contribution in [0, 0.1) is 11.8 Å². The van der Waals surface area contributed by atoms with Crippen LogP contribution in [0.25, 0.3) is 0 Å². The topological polar surface area (TPSA) is 77.3 Å². The van der Waals surface area contributed by atoms with Crippen LogP contribution < -0.4 is 4.74 Å². The average Bonchev–Trinajstić information content (AvgIpc) is 2.83. The van der Waals surface area contributed by atoms with Crippen LogP contribution in [-0.4, -0.2) is 43.7 Å². The molecule has 1 saturated carbocycles.